The van der Waals surface area contributed by atoms with Gasteiger partial charge < -0.3 is 20.5 Å². The highest BCUT2D eigenvalue weighted by Gasteiger charge is 2.16. The third-order valence-electron chi connectivity index (χ3n) is 3.23. The van der Waals surface area contributed by atoms with Gasteiger partial charge in [0.2, 0.25) is 0 Å². The Morgan fingerprint density at radius 3 is 2.58 bits per heavy atom. The first kappa shape index (κ1) is 17.6. The molecule has 0 fully saturated rings. The van der Waals surface area contributed by atoms with Gasteiger partial charge in [-0.1, -0.05) is 23.7 Å². The Hall–Kier alpha value is -2.73. The molecule has 0 saturated heterocycles. The molecular weight excluding hydrogens is 332 g/mol. The summed E-state index contributed by atoms with van der Waals surface area (Å²) >= 11 is 6.06. The standard InChI is InChI=1S/C17H17ClN2O4/c1-10-7-13(15(23-2)8-12(10)18)20-17(22)11-5-3-4-6-14(11)24-9-16(19)21/h3-8H,9H2,1-2H3,(H2,19,21)(H,20,22). The molecule has 0 unspecified atom stereocenters. The number of anilines is 1. The number of nitrogens with one attached hydrogen (secondary N) is 1. The number of carbonyl (C=O) groups is 2. The maximum Gasteiger partial charge on any atom is 0.259 e. The van der Waals surface area contributed by atoms with E-state index in [1.165, 1.54) is 7.11 Å². The third-order valence-corrected chi connectivity index (χ3v) is 3.64. The predicted octanol–water partition coefficient (Wildman–Crippen LogP) is 2.77. The quantitative estimate of drug-likeness (QED) is 0.839. The van der Waals surface area contributed by atoms with Gasteiger partial charge in [-0.15, -0.1) is 0 Å². The maximum absolute atomic E-state index is 12.5. The van der Waals surface area contributed by atoms with Crippen LogP contribution in [0.4, 0.5) is 5.69 Å². The van der Waals surface area contributed by atoms with Crippen molar-refractivity contribution in [1.82, 2.24) is 0 Å². The molecule has 24 heavy (non-hydrogen) atoms. The highest BCUT2D eigenvalue weighted by molar-refractivity contribution is 6.31. The van der Waals surface area contributed by atoms with Crippen LogP contribution in [0.3, 0.4) is 0 Å². The fraction of sp³-hybridized carbons (Fsp3) is 0.176. The predicted molar refractivity (Wildman–Crippen MR) is 91.8 cm³/mol. The Morgan fingerprint density at radius 1 is 1.21 bits per heavy atom. The topological polar surface area (TPSA) is 90.7 Å². The van der Waals surface area contributed by atoms with Crippen molar-refractivity contribution in [3.8, 4) is 11.5 Å². The molecule has 2 aromatic carbocycles. The van der Waals surface area contributed by atoms with Crippen molar-refractivity contribution in [1.29, 1.82) is 0 Å². The molecule has 7 heteroatoms. The van der Waals surface area contributed by atoms with Crippen LogP contribution < -0.4 is 20.5 Å². The monoisotopic (exact) mass is 348 g/mol. The normalized spacial score (nSPS) is 10.1. The number of aryl methyl sites for hydroxylation is 1. The number of hydrogen-bond acceptors (Lipinski definition) is 4. The molecular formula is C17H17ClN2O4. The molecule has 2 aromatic rings. The number of benzene rings is 2. The molecule has 0 atom stereocenters. The van der Waals surface area contributed by atoms with Gasteiger partial charge in [0.15, 0.2) is 6.61 Å². The number of amides is 2. The number of ether oxygens (including phenoxy) is 2. The van der Waals surface area contributed by atoms with Crippen LogP contribution in [0.2, 0.25) is 5.02 Å². The lowest BCUT2D eigenvalue weighted by Crippen LogP contribution is -2.21. The molecule has 0 saturated carbocycles. The first-order valence-electron chi connectivity index (χ1n) is 7.08. The molecule has 0 radical (unpaired) electrons. The van der Waals surface area contributed by atoms with Crippen LogP contribution in [-0.2, 0) is 4.79 Å². The number of rotatable bonds is 6. The van der Waals surface area contributed by atoms with E-state index >= 15 is 0 Å². The van der Waals surface area contributed by atoms with Gasteiger partial charge in [0, 0.05) is 11.1 Å². The van der Waals surface area contributed by atoms with Crippen molar-refractivity contribution in [3.05, 3.63) is 52.5 Å². The third kappa shape index (κ3) is 4.17. The Bertz CT molecular complexity index is 777. The van der Waals surface area contributed by atoms with Crippen molar-refractivity contribution < 1.29 is 19.1 Å². The molecule has 0 heterocycles. The van der Waals surface area contributed by atoms with Gasteiger partial charge in [-0.25, -0.2) is 0 Å². The molecule has 126 valence electrons. The van der Waals surface area contributed by atoms with Crippen molar-refractivity contribution in [2.24, 2.45) is 5.73 Å². The van der Waals surface area contributed by atoms with Gasteiger partial charge in [-0.05, 0) is 30.7 Å². The van der Waals surface area contributed by atoms with Crippen LogP contribution in [0.25, 0.3) is 0 Å². The second-order valence-corrected chi connectivity index (χ2v) is 5.41. The summed E-state index contributed by atoms with van der Waals surface area (Å²) in [5.74, 6) is -0.330. The number of methoxy groups -OCH3 is 1. The van der Waals surface area contributed by atoms with Gasteiger partial charge >= 0.3 is 0 Å². The smallest absolute Gasteiger partial charge is 0.259 e. The summed E-state index contributed by atoms with van der Waals surface area (Å²) in [4.78, 5) is 23.4. The second kappa shape index (κ2) is 7.70. The summed E-state index contributed by atoms with van der Waals surface area (Å²) in [6, 6.07) is 9.90. The average Bonchev–Trinajstić information content (AvgIpc) is 2.56. The van der Waals surface area contributed by atoms with Gasteiger partial charge in [-0.3, -0.25) is 9.59 Å². The molecule has 0 aromatic heterocycles. The highest BCUT2D eigenvalue weighted by atomic mass is 35.5. The van der Waals surface area contributed by atoms with Gasteiger partial charge in [-0.2, -0.15) is 0 Å². The Balaban J connectivity index is 2.28. The van der Waals surface area contributed by atoms with Gasteiger partial charge in [0.25, 0.3) is 11.8 Å². The zero-order chi connectivity index (χ0) is 17.7. The number of para-hydroxylation sites is 1. The molecule has 2 amide bonds. The minimum Gasteiger partial charge on any atom is -0.495 e. The van der Waals surface area contributed by atoms with E-state index in [-0.39, 0.29) is 17.9 Å². The fourth-order valence-electron chi connectivity index (χ4n) is 2.05. The molecule has 0 spiro atoms. The summed E-state index contributed by atoms with van der Waals surface area (Å²) in [5, 5.41) is 3.29. The van der Waals surface area contributed by atoms with Gasteiger partial charge in [0.1, 0.15) is 11.5 Å². The average molecular weight is 349 g/mol. The second-order valence-electron chi connectivity index (χ2n) is 5.01. The SMILES string of the molecule is COc1cc(Cl)c(C)cc1NC(=O)c1ccccc1OCC(N)=O. The molecule has 2 rings (SSSR count). The zero-order valence-corrected chi connectivity index (χ0v) is 14.0. The van der Waals surface area contributed by atoms with Crippen molar-refractivity contribution in [3.63, 3.8) is 0 Å². The lowest BCUT2D eigenvalue weighted by molar-refractivity contribution is -0.119. The summed E-state index contributed by atoms with van der Waals surface area (Å²) in [6.07, 6.45) is 0. The van der Waals surface area contributed by atoms with Crippen molar-refractivity contribution in [2.75, 3.05) is 19.0 Å². The number of hydrogen-bond donors (Lipinski definition) is 2. The number of primary amides is 1. The molecule has 0 bridgehead atoms. The fourth-order valence-corrected chi connectivity index (χ4v) is 2.20. The van der Waals surface area contributed by atoms with Crippen LogP contribution in [-0.4, -0.2) is 25.5 Å². The van der Waals surface area contributed by atoms with Crippen LogP contribution >= 0.6 is 11.6 Å². The summed E-state index contributed by atoms with van der Waals surface area (Å²) in [5.41, 5.74) is 6.61. The van der Waals surface area contributed by atoms with E-state index in [0.29, 0.717) is 16.5 Å². The lowest BCUT2D eigenvalue weighted by Gasteiger charge is -2.14. The van der Waals surface area contributed by atoms with Gasteiger partial charge in [0.05, 0.1) is 18.4 Å². The first-order chi connectivity index (χ1) is 11.4. The van der Waals surface area contributed by atoms with Crippen molar-refractivity contribution in [2.45, 2.75) is 6.92 Å². The lowest BCUT2D eigenvalue weighted by atomic mass is 10.1. The Labute approximate surface area is 144 Å². The largest absolute Gasteiger partial charge is 0.495 e. The molecule has 0 aliphatic rings. The maximum atomic E-state index is 12.5. The first-order valence-corrected chi connectivity index (χ1v) is 7.45. The van der Waals surface area contributed by atoms with E-state index in [4.69, 9.17) is 26.8 Å². The van der Waals surface area contributed by atoms with Crippen LogP contribution in [0.5, 0.6) is 11.5 Å². The van der Waals surface area contributed by atoms with E-state index in [0.717, 1.165) is 5.56 Å². The minimum absolute atomic E-state index is 0.262. The van der Waals surface area contributed by atoms with Crippen LogP contribution in [0.1, 0.15) is 15.9 Å². The Morgan fingerprint density at radius 2 is 1.92 bits per heavy atom. The Kier molecular flexibility index (Phi) is 5.65. The number of carbonyl (C=O) groups excluding carboxylic acids is 2. The van der Waals surface area contributed by atoms with E-state index in [1.807, 2.05) is 6.92 Å². The molecule has 3 N–H and O–H groups in total. The summed E-state index contributed by atoms with van der Waals surface area (Å²) in [7, 11) is 1.49. The van der Waals surface area contributed by atoms with Crippen molar-refractivity contribution >= 4 is 29.1 Å². The van der Waals surface area contributed by atoms with E-state index in [1.54, 1.807) is 36.4 Å². The van der Waals surface area contributed by atoms with E-state index in [2.05, 4.69) is 5.32 Å². The number of nitrogens with two attached hydrogens (primary N) is 1. The zero-order valence-electron chi connectivity index (χ0n) is 13.3. The summed E-state index contributed by atoms with van der Waals surface area (Å²) in [6.45, 7) is 1.51. The number of halogens is 1. The minimum atomic E-state index is -0.625. The highest BCUT2D eigenvalue weighted by Crippen LogP contribution is 2.31. The van der Waals surface area contributed by atoms with E-state index in [9.17, 15) is 9.59 Å². The van der Waals surface area contributed by atoms with Crippen LogP contribution in [0.15, 0.2) is 36.4 Å². The molecule has 6 nitrogen and oxygen atoms in total. The molecule has 0 aliphatic heterocycles. The van der Waals surface area contributed by atoms with Crippen LogP contribution in [0, 0.1) is 6.92 Å². The summed E-state index contributed by atoms with van der Waals surface area (Å²) < 4.78 is 10.5. The van der Waals surface area contributed by atoms with E-state index < -0.39 is 11.8 Å². The molecule has 0 aliphatic carbocycles.